The van der Waals surface area contributed by atoms with Crippen LogP contribution in [0.5, 0.6) is 5.75 Å². The monoisotopic (exact) mass is 545 g/mol. The van der Waals surface area contributed by atoms with E-state index in [1.807, 2.05) is 30.0 Å². The van der Waals surface area contributed by atoms with Crippen LogP contribution in [0.3, 0.4) is 0 Å². The first kappa shape index (κ1) is 27.0. The number of guanidine groups is 1. The number of ether oxygens (including phenoxy) is 1. The topological polar surface area (TPSA) is 95.1 Å². The number of carbonyl (C=O) groups excluding carboxylic acids is 2. The van der Waals surface area contributed by atoms with Gasteiger partial charge in [-0.15, -0.1) is 24.0 Å². The summed E-state index contributed by atoms with van der Waals surface area (Å²) in [6, 6.07) is 7.32. The van der Waals surface area contributed by atoms with E-state index in [0.717, 1.165) is 51.3 Å². The number of hydrogen-bond donors (Lipinski definition) is 3. The van der Waals surface area contributed by atoms with E-state index in [-0.39, 0.29) is 35.8 Å². The first-order chi connectivity index (χ1) is 14.6. The molecule has 0 radical (unpaired) electrons. The molecule has 0 aliphatic carbocycles. The highest BCUT2D eigenvalue weighted by Crippen LogP contribution is 2.17. The van der Waals surface area contributed by atoms with Crippen LogP contribution >= 0.6 is 24.0 Å². The standard InChI is InChI=1S/C22H35N5O3.HI/c1-3-23-22(24-12-8-15-27-14-6-4-5-11-21(27)29)25-13-16-30-20-10-7-9-19(17-20)26-18(2)28;/h7,9-10,17H,3-6,8,11-16H2,1-2H3,(H,26,28)(H2,23,24,25);1H. The zero-order valence-corrected chi connectivity index (χ0v) is 20.9. The normalized spacial score (nSPS) is 14.3. The molecule has 0 aromatic heterocycles. The van der Waals surface area contributed by atoms with Gasteiger partial charge in [-0.1, -0.05) is 12.5 Å². The Hall–Kier alpha value is -2.04. The van der Waals surface area contributed by atoms with Gasteiger partial charge in [0.2, 0.25) is 11.8 Å². The number of hydrogen-bond acceptors (Lipinski definition) is 4. The highest BCUT2D eigenvalue weighted by atomic mass is 127. The number of aliphatic imine (C=N–C) groups is 1. The third-order valence-corrected chi connectivity index (χ3v) is 4.69. The van der Waals surface area contributed by atoms with Gasteiger partial charge in [0, 0.05) is 51.3 Å². The molecule has 1 aliphatic rings. The van der Waals surface area contributed by atoms with Gasteiger partial charge in [0.05, 0.1) is 6.54 Å². The molecule has 1 fully saturated rings. The number of halogens is 1. The summed E-state index contributed by atoms with van der Waals surface area (Å²) in [5, 5.41) is 9.22. The minimum atomic E-state index is -0.111. The van der Waals surface area contributed by atoms with Crippen LogP contribution in [0.4, 0.5) is 5.69 Å². The Balaban J connectivity index is 0.00000480. The zero-order valence-electron chi connectivity index (χ0n) is 18.6. The largest absolute Gasteiger partial charge is 0.492 e. The average molecular weight is 545 g/mol. The lowest BCUT2D eigenvalue weighted by atomic mass is 10.2. The fraction of sp³-hybridized carbons (Fsp3) is 0.591. The second-order valence-corrected chi connectivity index (χ2v) is 7.29. The van der Waals surface area contributed by atoms with Crippen LogP contribution in [0.25, 0.3) is 0 Å². The van der Waals surface area contributed by atoms with E-state index in [4.69, 9.17) is 4.74 Å². The van der Waals surface area contributed by atoms with Crippen molar-refractivity contribution in [2.24, 2.45) is 4.99 Å². The molecule has 2 amide bonds. The molecule has 1 aliphatic heterocycles. The van der Waals surface area contributed by atoms with Gasteiger partial charge in [-0.05, 0) is 38.3 Å². The molecule has 1 aromatic carbocycles. The van der Waals surface area contributed by atoms with Crippen molar-refractivity contribution >= 4 is 47.4 Å². The first-order valence-electron chi connectivity index (χ1n) is 10.9. The van der Waals surface area contributed by atoms with Crippen molar-refractivity contribution in [3.05, 3.63) is 24.3 Å². The van der Waals surface area contributed by atoms with Crippen molar-refractivity contribution in [3.63, 3.8) is 0 Å². The van der Waals surface area contributed by atoms with E-state index in [2.05, 4.69) is 20.9 Å². The Morgan fingerprint density at radius 2 is 2.06 bits per heavy atom. The molecule has 1 saturated heterocycles. The number of amides is 2. The molecule has 31 heavy (non-hydrogen) atoms. The quantitative estimate of drug-likeness (QED) is 0.182. The van der Waals surface area contributed by atoms with E-state index in [0.29, 0.717) is 37.6 Å². The van der Waals surface area contributed by atoms with Crippen LogP contribution in [0.2, 0.25) is 0 Å². The minimum absolute atomic E-state index is 0. The fourth-order valence-electron chi connectivity index (χ4n) is 3.27. The Bertz CT molecular complexity index is 714. The summed E-state index contributed by atoms with van der Waals surface area (Å²) < 4.78 is 5.74. The van der Waals surface area contributed by atoms with E-state index in [9.17, 15) is 9.59 Å². The van der Waals surface area contributed by atoms with Gasteiger partial charge < -0.3 is 25.6 Å². The zero-order chi connectivity index (χ0) is 21.6. The lowest BCUT2D eigenvalue weighted by Gasteiger charge is -2.20. The van der Waals surface area contributed by atoms with Gasteiger partial charge >= 0.3 is 0 Å². The van der Waals surface area contributed by atoms with Gasteiger partial charge in [-0.3, -0.25) is 14.6 Å². The summed E-state index contributed by atoms with van der Waals surface area (Å²) in [6.07, 6.45) is 4.80. The SMILES string of the molecule is CCNC(=NCCCN1CCCCCC1=O)NCCOc1cccc(NC(C)=O)c1.I. The number of nitrogens with zero attached hydrogens (tertiary/aromatic N) is 2. The van der Waals surface area contributed by atoms with Gasteiger partial charge in [0.1, 0.15) is 12.4 Å². The second-order valence-electron chi connectivity index (χ2n) is 7.29. The highest BCUT2D eigenvalue weighted by Gasteiger charge is 2.15. The summed E-state index contributed by atoms with van der Waals surface area (Å²) in [5.74, 6) is 1.61. The Labute approximate surface area is 202 Å². The Morgan fingerprint density at radius 1 is 1.23 bits per heavy atom. The van der Waals surface area contributed by atoms with Crippen LogP contribution in [-0.2, 0) is 9.59 Å². The van der Waals surface area contributed by atoms with E-state index in [1.54, 1.807) is 6.07 Å². The molecule has 2 rings (SSSR count). The van der Waals surface area contributed by atoms with Gasteiger partial charge in [-0.2, -0.15) is 0 Å². The van der Waals surface area contributed by atoms with Crippen molar-refractivity contribution in [1.82, 2.24) is 15.5 Å². The molecule has 9 heteroatoms. The van der Waals surface area contributed by atoms with Gasteiger partial charge in [-0.25, -0.2) is 0 Å². The average Bonchev–Trinajstić information content (AvgIpc) is 2.92. The Kier molecular flexibility index (Phi) is 13.7. The van der Waals surface area contributed by atoms with E-state index in [1.165, 1.54) is 6.92 Å². The molecular weight excluding hydrogens is 509 g/mol. The molecule has 3 N–H and O–H groups in total. The third kappa shape index (κ3) is 11.2. The predicted molar refractivity (Wildman–Crippen MR) is 135 cm³/mol. The number of anilines is 1. The maximum absolute atomic E-state index is 12.0. The molecule has 0 spiro atoms. The lowest BCUT2D eigenvalue weighted by Crippen LogP contribution is -2.39. The van der Waals surface area contributed by atoms with Crippen molar-refractivity contribution in [1.29, 1.82) is 0 Å². The minimum Gasteiger partial charge on any atom is -0.492 e. The molecule has 8 nitrogen and oxygen atoms in total. The van der Waals surface area contributed by atoms with Crippen LogP contribution < -0.4 is 20.7 Å². The lowest BCUT2D eigenvalue weighted by molar-refractivity contribution is -0.130. The van der Waals surface area contributed by atoms with Gasteiger partial charge in [0.15, 0.2) is 5.96 Å². The van der Waals surface area contributed by atoms with Crippen LogP contribution in [0.15, 0.2) is 29.3 Å². The number of nitrogens with one attached hydrogen (secondary N) is 3. The molecular formula is C22H36IN5O3. The number of benzene rings is 1. The number of carbonyl (C=O) groups is 2. The maximum atomic E-state index is 12.0. The van der Waals surface area contributed by atoms with E-state index < -0.39 is 0 Å². The van der Waals surface area contributed by atoms with Crippen molar-refractivity contribution in [2.75, 3.05) is 44.6 Å². The highest BCUT2D eigenvalue weighted by molar-refractivity contribution is 14.0. The first-order valence-corrected chi connectivity index (χ1v) is 10.9. The molecule has 1 heterocycles. The Morgan fingerprint density at radius 3 is 2.84 bits per heavy atom. The molecule has 0 saturated carbocycles. The molecule has 0 unspecified atom stereocenters. The summed E-state index contributed by atoms with van der Waals surface area (Å²) in [4.78, 5) is 29.8. The third-order valence-electron chi connectivity index (χ3n) is 4.69. The van der Waals surface area contributed by atoms with Crippen LogP contribution in [0.1, 0.15) is 46.0 Å². The summed E-state index contributed by atoms with van der Waals surface area (Å²) >= 11 is 0. The fourth-order valence-corrected chi connectivity index (χ4v) is 3.27. The smallest absolute Gasteiger partial charge is 0.222 e. The molecule has 1 aromatic rings. The second kappa shape index (κ2) is 15.7. The van der Waals surface area contributed by atoms with Crippen LogP contribution in [0, 0.1) is 0 Å². The molecule has 0 bridgehead atoms. The number of likely N-dealkylation sites (tertiary alicyclic amines) is 1. The van der Waals surface area contributed by atoms with Crippen molar-refractivity contribution < 1.29 is 14.3 Å². The number of rotatable bonds is 10. The van der Waals surface area contributed by atoms with Crippen LogP contribution in [-0.4, -0.2) is 62.0 Å². The molecule has 0 atom stereocenters. The maximum Gasteiger partial charge on any atom is 0.222 e. The predicted octanol–water partition coefficient (Wildman–Crippen LogP) is 2.99. The van der Waals surface area contributed by atoms with Crippen molar-refractivity contribution in [2.45, 2.75) is 46.0 Å². The summed E-state index contributed by atoms with van der Waals surface area (Å²) in [7, 11) is 0. The summed E-state index contributed by atoms with van der Waals surface area (Å²) in [5.41, 5.74) is 0.714. The van der Waals surface area contributed by atoms with E-state index >= 15 is 0 Å². The molecule has 174 valence electrons. The summed E-state index contributed by atoms with van der Waals surface area (Å²) in [6.45, 7) is 7.66. The van der Waals surface area contributed by atoms with Gasteiger partial charge in [0.25, 0.3) is 0 Å². The van der Waals surface area contributed by atoms with Crippen molar-refractivity contribution in [3.8, 4) is 5.75 Å².